The van der Waals surface area contributed by atoms with Gasteiger partial charge in [0.25, 0.3) is 0 Å². The molecule has 4 heteroatoms. The van der Waals surface area contributed by atoms with E-state index in [-0.39, 0.29) is 116 Å². The van der Waals surface area contributed by atoms with Crippen LogP contribution in [0.4, 0.5) is 0 Å². The van der Waals surface area contributed by atoms with Gasteiger partial charge >= 0.3 is 94.4 Å². The van der Waals surface area contributed by atoms with E-state index in [1.165, 1.54) is 0 Å². The molecule has 0 rings (SSSR count). The number of rotatable bonds is 0. The maximum absolute atomic E-state index is 0. The molecule has 0 heterocycles. The van der Waals surface area contributed by atoms with E-state index in [9.17, 15) is 0 Å². The van der Waals surface area contributed by atoms with Crippen molar-refractivity contribution in [1.29, 1.82) is 0 Å². The van der Waals surface area contributed by atoms with Crippen molar-refractivity contribution >= 4 is 94.4 Å². The molecule has 0 aliphatic carbocycles. The Bertz CT molecular complexity index is 8.00. The largest absolute Gasteiger partial charge is 2.00 e. The molecule has 0 aromatic rings. The SMILES string of the molecule is [Ba+2].[Br-].[F-].[Sr+2]. The predicted octanol–water partition coefficient (Wildman–Crippen LogP) is -6.75. The van der Waals surface area contributed by atoms with Gasteiger partial charge in [0.05, 0.1) is 0 Å². The van der Waals surface area contributed by atoms with Gasteiger partial charge in [-0.3, -0.25) is 0 Å². The fraction of sp³-hybridized carbons (Fsp3) is 0. The van der Waals surface area contributed by atoms with E-state index in [1.54, 1.807) is 0 Å². The first-order valence-corrected chi connectivity index (χ1v) is 0. The molecule has 16 valence electrons. The van der Waals surface area contributed by atoms with Crippen LogP contribution in [0.15, 0.2) is 0 Å². The van der Waals surface area contributed by atoms with Crippen molar-refractivity contribution in [2.45, 2.75) is 0 Å². The zero-order valence-corrected chi connectivity index (χ0v) is 11.7. The Balaban J connectivity index is 0. The molecule has 0 amide bonds. The summed E-state index contributed by atoms with van der Waals surface area (Å²) in [6.45, 7) is 0. The zero-order valence-electron chi connectivity index (χ0n) is 2.17. The minimum absolute atomic E-state index is 0. The quantitative estimate of drug-likeness (QED) is 0.389. The van der Waals surface area contributed by atoms with Crippen LogP contribution in [0, 0.1) is 0 Å². The number of hydrogen-bond acceptors (Lipinski definition) is 0. The Morgan fingerprint density at radius 3 is 1.00 bits per heavy atom. The van der Waals surface area contributed by atoms with Crippen LogP contribution in [0.25, 0.3) is 0 Å². The Kier molecular flexibility index (Phi) is 105. The molecule has 0 aliphatic heterocycles. The number of hydrogen-bond donors (Lipinski definition) is 0. The molecule has 0 atom stereocenters. The van der Waals surface area contributed by atoms with Gasteiger partial charge in [0.2, 0.25) is 0 Å². The first-order valence-electron chi connectivity index (χ1n) is 0. The van der Waals surface area contributed by atoms with Gasteiger partial charge in [-0.15, -0.1) is 0 Å². The van der Waals surface area contributed by atoms with Gasteiger partial charge in [0, 0.05) is 0 Å². The molecule has 0 spiro atoms. The minimum atomic E-state index is 0. The second-order valence-electron chi connectivity index (χ2n) is 0. The molecule has 0 aliphatic rings. The molecule has 0 saturated heterocycles. The fourth-order valence-corrected chi connectivity index (χ4v) is 0. The van der Waals surface area contributed by atoms with Gasteiger partial charge in [0.15, 0.2) is 0 Å². The third kappa shape index (κ3) is 9.07. The molecule has 0 nitrogen and oxygen atoms in total. The van der Waals surface area contributed by atoms with Crippen molar-refractivity contribution in [2.24, 2.45) is 0 Å². The van der Waals surface area contributed by atoms with Crippen LogP contribution in [0.1, 0.15) is 0 Å². The van der Waals surface area contributed by atoms with E-state index in [2.05, 4.69) is 0 Å². The molecule has 0 unspecified atom stereocenters. The predicted molar refractivity (Wildman–Crippen MR) is 11.5 cm³/mol. The van der Waals surface area contributed by atoms with Crippen LogP contribution in [-0.4, -0.2) is 94.4 Å². The van der Waals surface area contributed by atoms with Gasteiger partial charge in [-0.25, -0.2) is 0 Å². The summed E-state index contributed by atoms with van der Waals surface area (Å²) in [5.74, 6) is 0. The van der Waals surface area contributed by atoms with Crippen LogP contribution in [-0.2, 0) is 0 Å². The van der Waals surface area contributed by atoms with Crippen molar-refractivity contribution < 1.29 is 21.7 Å². The minimum Gasteiger partial charge on any atom is -1.00 e. The van der Waals surface area contributed by atoms with Gasteiger partial charge in [-0.1, -0.05) is 0 Å². The maximum atomic E-state index is 0. The van der Waals surface area contributed by atoms with Crippen molar-refractivity contribution in [3.63, 3.8) is 0 Å². The normalized spacial score (nSPS) is 0. The molecule has 0 N–H and O–H groups in total. The van der Waals surface area contributed by atoms with Crippen LogP contribution < -0.4 is 21.7 Å². The van der Waals surface area contributed by atoms with Crippen LogP contribution in [0.2, 0.25) is 0 Å². The van der Waals surface area contributed by atoms with Crippen molar-refractivity contribution in [3.8, 4) is 0 Å². The van der Waals surface area contributed by atoms with Crippen molar-refractivity contribution in [2.75, 3.05) is 0 Å². The molecule has 0 bridgehead atoms. The summed E-state index contributed by atoms with van der Waals surface area (Å²) in [5.41, 5.74) is 0. The molecular weight excluding hydrogens is 324 g/mol. The summed E-state index contributed by atoms with van der Waals surface area (Å²) < 4.78 is 0. The van der Waals surface area contributed by atoms with E-state index in [0.29, 0.717) is 0 Å². The van der Waals surface area contributed by atoms with E-state index >= 15 is 0 Å². The van der Waals surface area contributed by atoms with Crippen molar-refractivity contribution in [3.05, 3.63) is 0 Å². The Hall–Kier alpha value is 3.46. The Labute approximate surface area is 113 Å². The summed E-state index contributed by atoms with van der Waals surface area (Å²) in [5, 5.41) is 0. The summed E-state index contributed by atoms with van der Waals surface area (Å²) in [6, 6.07) is 0. The zero-order chi connectivity index (χ0) is 0. The first kappa shape index (κ1) is 26.0. The Morgan fingerprint density at radius 1 is 1.00 bits per heavy atom. The molecule has 0 saturated carbocycles. The Morgan fingerprint density at radius 2 is 1.00 bits per heavy atom. The molecule has 0 fully saturated rings. The standard InChI is InChI=1S/Ba.BrH.FH.Sr/h;2*1H;/q+2;;;+2/p-2. The van der Waals surface area contributed by atoms with Crippen molar-refractivity contribution in [1.82, 2.24) is 0 Å². The number of halogens is 2. The molecule has 0 aromatic carbocycles. The summed E-state index contributed by atoms with van der Waals surface area (Å²) >= 11 is 0. The smallest absolute Gasteiger partial charge is 1.00 e. The summed E-state index contributed by atoms with van der Waals surface area (Å²) in [6.07, 6.45) is 0. The molecule has 0 aromatic heterocycles. The van der Waals surface area contributed by atoms with E-state index < -0.39 is 0 Å². The monoisotopic (exact) mass is 324 g/mol. The van der Waals surface area contributed by atoms with Gasteiger partial charge in [0.1, 0.15) is 0 Å². The molecular formula is BaBrFSr+2. The van der Waals surface area contributed by atoms with Gasteiger partial charge in [-0.2, -0.15) is 0 Å². The van der Waals surface area contributed by atoms with Crippen LogP contribution in [0.5, 0.6) is 0 Å². The molecule has 4 heavy (non-hydrogen) atoms. The fourth-order valence-electron chi connectivity index (χ4n) is 0. The average Bonchev–Trinajstić information content (AvgIpc) is 0. The van der Waals surface area contributed by atoms with Gasteiger partial charge < -0.3 is 21.7 Å². The second-order valence-corrected chi connectivity index (χ2v) is 0. The molecule has 0 radical (unpaired) electrons. The second kappa shape index (κ2) is 16.1. The van der Waals surface area contributed by atoms with E-state index in [1.807, 2.05) is 0 Å². The first-order chi connectivity index (χ1) is 0. The maximum Gasteiger partial charge on any atom is 2.00 e. The summed E-state index contributed by atoms with van der Waals surface area (Å²) in [7, 11) is 0. The topological polar surface area (TPSA) is 0 Å². The summed E-state index contributed by atoms with van der Waals surface area (Å²) in [4.78, 5) is 0. The third-order valence-electron chi connectivity index (χ3n) is 0. The van der Waals surface area contributed by atoms with E-state index in [0.717, 1.165) is 0 Å². The van der Waals surface area contributed by atoms with Crippen LogP contribution >= 0.6 is 0 Å². The van der Waals surface area contributed by atoms with E-state index in [4.69, 9.17) is 0 Å². The van der Waals surface area contributed by atoms with Crippen LogP contribution in [0.3, 0.4) is 0 Å². The average molecular weight is 324 g/mol. The third-order valence-corrected chi connectivity index (χ3v) is 0. The van der Waals surface area contributed by atoms with Gasteiger partial charge in [-0.05, 0) is 0 Å².